The number of hydrogen-bond donors (Lipinski definition) is 2. The minimum Gasteiger partial charge on any atom is -0.265 e. The highest BCUT2D eigenvalue weighted by Crippen LogP contribution is 2.21. The lowest BCUT2D eigenvalue weighted by molar-refractivity contribution is 0.0273. The van der Waals surface area contributed by atoms with Crippen LogP contribution >= 0.6 is 0 Å². The molecule has 88 valence electrons. The van der Waals surface area contributed by atoms with Crippen molar-refractivity contribution in [1.82, 2.24) is 10.6 Å². The van der Waals surface area contributed by atoms with Crippen molar-refractivity contribution in [3.05, 3.63) is 36.0 Å². The molecule has 1 aliphatic carbocycles. The fourth-order valence-electron chi connectivity index (χ4n) is 1.37. The van der Waals surface area contributed by atoms with Crippen molar-refractivity contribution >= 4 is 6.03 Å². The highest BCUT2D eigenvalue weighted by molar-refractivity contribution is 5.83. The zero-order valence-electron chi connectivity index (χ0n) is 9.57. The number of unbranched alkanes of at least 4 members (excludes halogenated alkanes) is 2. The number of nitrogens with zero attached hydrogens (tertiary/aromatic N) is 1. The monoisotopic (exact) mass is 222 g/mol. The number of hydroxylamine groups is 1. The van der Waals surface area contributed by atoms with Crippen LogP contribution in [0.4, 0.5) is 4.79 Å². The average Bonchev–Trinajstić information content (AvgIpc) is 2.75. The molecule has 0 saturated carbocycles. The lowest BCUT2D eigenvalue weighted by atomic mass is 10.0. The fraction of sp³-hybridized carbons (Fsp3) is 0.417. The molecule has 0 atom stereocenters. The van der Waals surface area contributed by atoms with E-state index >= 15 is 0 Å². The van der Waals surface area contributed by atoms with E-state index in [0.717, 1.165) is 0 Å². The summed E-state index contributed by atoms with van der Waals surface area (Å²) < 4.78 is 0. The highest BCUT2D eigenvalue weighted by atomic mass is 16.6. The molecule has 0 aromatic heterocycles. The molecule has 4 nitrogen and oxygen atoms in total. The standard InChI is InChI=1S/C11H16.CH2N2O2/c1-3-4-5-8-11-9-6-7-10(11)2;4-1-2-3(1)5/h6-7,9H,2-5,8H2,1H3;5H,(H,2,4). The van der Waals surface area contributed by atoms with Crippen molar-refractivity contribution in [3.8, 4) is 0 Å². The Balaban J connectivity index is 0.000000212. The summed E-state index contributed by atoms with van der Waals surface area (Å²) in [5, 5.41) is 8.21. The van der Waals surface area contributed by atoms with Gasteiger partial charge in [0.15, 0.2) is 0 Å². The molecule has 0 bridgehead atoms. The maximum Gasteiger partial charge on any atom is 0.382 e. The number of rotatable bonds is 4. The molecule has 2 amide bonds. The van der Waals surface area contributed by atoms with Crippen molar-refractivity contribution in [1.29, 1.82) is 0 Å². The molecule has 16 heavy (non-hydrogen) atoms. The number of nitrogens with one attached hydrogen (secondary N) is 1. The Labute approximate surface area is 95.9 Å². The van der Waals surface area contributed by atoms with Crippen LogP contribution in [0.3, 0.4) is 0 Å². The summed E-state index contributed by atoms with van der Waals surface area (Å²) in [5.41, 5.74) is 4.58. The van der Waals surface area contributed by atoms with E-state index in [0.29, 0.717) is 5.17 Å². The third-order valence-electron chi connectivity index (χ3n) is 2.40. The molecular weight excluding hydrogens is 204 g/mol. The van der Waals surface area contributed by atoms with E-state index in [1.165, 1.54) is 36.8 Å². The highest BCUT2D eigenvalue weighted by Gasteiger charge is 2.26. The molecule has 0 unspecified atom stereocenters. The summed E-state index contributed by atoms with van der Waals surface area (Å²) in [6, 6.07) is -0.440. The molecule has 4 heteroatoms. The zero-order valence-corrected chi connectivity index (χ0v) is 9.57. The minimum atomic E-state index is -0.440. The average molecular weight is 222 g/mol. The Hall–Kier alpha value is -1.55. The summed E-state index contributed by atoms with van der Waals surface area (Å²) >= 11 is 0. The molecule has 1 aliphatic heterocycles. The van der Waals surface area contributed by atoms with Crippen LogP contribution in [0.25, 0.3) is 0 Å². The fourth-order valence-corrected chi connectivity index (χ4v) is 1.37. The third kappa shape index (κ3) is 4.31. The molecule has 0 spiro atoms. The first-order valence-electron chi connectivity index (χ1n) is 5.51. The quantitative estimate of drug-likeness (QED) is 0.436. The summed E-state index contributed by atoms with van der Waals surface area (Å²) in [6.07, 6.45) is 11.5. The van der Waals surface area contributed by atoms with Gasteiger partial charge in [-0.1, -0.05) is 44.6 Å². The van der Waals surface area contributed by atoms with Gasteiger partial charge in [0.25, 0.3) is 0 Å². The Kier molecular flexibility index (Phi) is 4.79. The number of urea groups is 1. The molecule has 0 aromatic rings. The second-order valence-corrected chi connectivity index (χ2v) is 3.76. The minimum absolute atomic E-state index is 0.403. The van der Waals surface area contributed by atoms with E-state index in [1.807, 2.05) is 5.43 Å². The van der Waals surface area contributed by atoms with Crippen molar-refractivity contribution < 1.29 is 10.0 Å². The smallest absolute Gasteiger partial charge is 0.265 e. The summed E-state index contributed by atoms with van der Waals surface area (Å²) in [5.74, 6) is 0. The molecule has 0 radical (unpaired) electrons. The number of carbonyl (C=O) groups is 1. The van der Waals surface area contributed by atoms with Crippen molar-refractivity contribution in [3.63, 3.8) is 0 Å². The van der Waals surface area contributed by atoms with E-state index in [1.54, 1.807) is 0 Å². The maximum absolute atomic E-state index is 9.45. The van der Waals surface area contributed by atoms with Gasteiger partial charge in [0, 0.05) is 0 Å². The van der Waals surface area contributed by atoms with Gasteiger partial charge in [0.05, 0.1) is 0 Å². The molecule has 1 saturated heterocycles. The van der Waals surface area contributed by atoms with Crippen molar-refractivity contribution in [2.75, 3.05) is 0 Å². The largest absolute Gasteiger partial charge is 0.382 e. The number of hydrogen-bond acceptors (Lipinski definition) is 2. The van der Waals surface area contributed by atoms with Gasteiger partial charge in [0.2, 0.25) is 0 Å². The van der Waals surface area contributed by atoms with Crippen molar-refractivity contribution in [2.45, 2.75) is 32.6 Å². The summed E-state index contributed by atoms with van der Waals surface area (Å²) in [7, 11) is 0. The predicted octanol–water partition coefficient (Wildman–Crippen LogP) is 2.93. The summed E-state index contributed by atoms with van der Waals surface area (Å²) in [4.78, 5) is 9.45. The van der Waals surface area contributed by atoms with Crippen LogP contribution < -0.4 is 5.43 Å². The van der Waals surface area contributed by atoms with E-state index in [-0.39, 0.29) is 0 Å². The second-order valence-electron chi connectivity index (χ2n) is 3.76. The van der Waals surface area contributed by atoms with Crippen LogP contribution in [0, 0.1) is 0 Å². The first kappa shape index (κ1) is 12.5. The van der Waals surface area contributed by atoms with E-state index < -0.39 is 6.03 Å². The van der Waals surface area contributed by atoms with Crippen LogP contribution in [0.5, 0.6) is 0 Å². The van der Waals surface area contributed by atoms with Crippen LogP contribution in [-0.4, -0.2) is 16.4 Å². The molecule has 1 heterocycles. The van der Waals surface area contributed by atoms with Crippen LogP contribution in [0.1, 0.15) is 32.6 Å². The topological polar surface area (TPSA) is 62.2 Å². The zero-order chi connectivity index (χ0) is 12.0. The van der Waals surface area contributed by atoms with Gasteiger partial charge in [-0.2, -0.15) is 0 Å². The van der Waals surface area contributed by atoms with Gasteiger partial charge < -0.3 is 0 Å². The number of hydrazine groups is 1. The van der Waals surface area contributed by atoms with E-state index in [2.05, 4.69) is 31.7 Å². The van der Waals surface area contributed by atoms with Crippen LogP contribution in [0.2, 0.25) is 0 Å². The first-order chi connectivity index (χ1) is 7.65. The number of allylic oxidation sites excluding steroid dienone is 5. The SMILES string of the molecule is C=C1C=CC=C1CCCCC.O=C1NN1O. The predicted molar refractivity (Wildman–Crippen MR) is 62.7 cm³/mol. The van der Waals surface area contributed by atoms with Gasteiger partial charge in [-0.15, -0.1) is 5.17 Å². The van der Waals surface area contributed by atoms with Gasteiger partial charge in [-0.05, 0) is 24.0 Å². The lowest BCUT2D eigenvalue weighted by Gasteiger charge is -2.01. The molecule has 2 aliphatic rings. The lowest BCUT2D eigenvalue weighted by Crippen LogP contribution is -1.86. The van der Waals surface area contributed by atoms with Gasteiger partial charge in [-0.3, -0.25) is 5.21 Å². The number of amides is 2. The Morgan fingerprint density at radius 1 is 1.50 bits per heavy atom. The Bertz CT molecular complexity index is 332. The molecule has 2 rings (SSSR count). The summed E-state index contributed by atoms with van der Waals surface area (Å²) in [6.45, 7) is 6.19. The molecular formula is C12H18N2O2. The maximum atomic E-state index is 9.45. The second kappa shape index (κ2) is 6.12. The van der Waals surface area contributed by atoms with Crippen molar-refractivity contribution in [2.24, 2.45) is 0 Å². The van der Waals surface area contributed by atoms with Gasteiger partial charge in [-0.25, -0.2) is 10.2 Å². The Morgan fingerprint density at radius 2 is 2.12 bits per heavy atom. The number of carbonyl (C=O) groups excluding carboxylic acids is 1. The third-order valence-corrected chi connectivity index (χ3v) is 2.40. The van der Waals surface area contributed by atoms with Gasteiger partial charge >= 0.3 is 6.03 Å². The van der Waals surface area contributed by atoms with E-state index in [4.69, 9.17) is 5.21 Å². The normalized spacial score (nSPS) is 16.6. The van der Waals surface area contributed by atoms with E-state index in [9.17, 15) is 4.79 Å². The van der Waals surface area contributed by atoms with Crippen LogP contribution in [-0.2, 0) is 0 Å². The van der Waals surface area contributed by atoms with Gasteiger partial charge in [0.1, 0.15) is 0 Å². The molecule has 0 aromatic carbocycles. The van der Waals surface area contributed by atoms with Crippen LogP contribution in [0.15, 0.2) is 36.0 Å². The first-order valence-corrected chi connectivity index (χ1v) is 5.51. The molecule has 1 fully saturated rings. The molecule has 2 N–H and O–H groups in total. The Morgan fingerprint density at radius 3 is 2.50 bits per heavy atom.